The second kappa shape index (κ2) is 4.09. The summed E-state index contributed by atoms with van der Waals surface area (Å²) in [6.07, 6.45) is 2.25. The van der Waals surface area contributed by atoms with Crippen LogP contribution >= 0.6 is 0 Å². The van der Waals surface area contributed by atoms with Crippen molar-refractivity contribution in [2.75, 3.05) is 13.1 Å². The van der Waals surface area contributed by atoms with E-state index in [0.717, 1.165) is 37.1 Å². The highest BCUT2D eigenvalue weighted by atomic mass is 19.1. The fourth-order valence-electron chi connectivity index (χ4n) is 2.02. The smallest absolute Gasteiger partial charge is 0.126 e. The van der Waals surface area contributed by atoms with Crippen LogP contribution in [0.25, 0.3) is 0 Å². The number of piperidine rings is 1. The normalized spacial score (nSPS) is 18.4. The van der Waals surface area contributed by atoms with Gasteiger partial charge >= 0.3 is 0 Å². The fourth-order valence-corrected chi connectivity index (χ4v) is 2.02. The molecule has 1 fully saturated rings. The Morgan fingerprint density at radius 2 is 2.00 bits per heavy atom. The molecule has 0 bridgehead atoms. The lowest BCUT2D eigenvalue weighted by molar-refractivity contribution is 0.458. The molecule has 1 saturated heterocycles. The van der Waals surface area contributed by atoms with Gasteiger partial charge in [-0.25, -0.2) is 4.39 Å². The lowest BCUT2D eigenvalue weighted by Gasteiger charge is -2.23. The van der Waals surface area contributed by atoms with E-state index < -0.39 is 0 Å². The molecule has 0 spiro atoms. The van der Waals surface area contributed by atoms with Crippen molar-refractivity contribution < 1.29 is 4.39 Å². The monoisotopic (exact) mass is 193 g/mol. The third-order valence-corrected chi connectivity index (χ3v) is 3.01. The van der Waals surface area contributed by atoms with Crippen LogP contribution < -0.4 is 5.32 Å². The molecule has 1 aliphatic heterocycles. The van der Waals surface area contributed by atoms with Crippen LogP contribution in [0.1, 0.15) is 29.9 Å². The molecule has 0 radical (unpaired) electrons. The van der Waals surface area contributed by atoms with Gasteiger partial charge in [0.2, 0.25) is 0 Å². The van der Waals surface area contributed by atoms with Crippen molar-refractivity contribution in [3.8, 4) is 0 Å². The van der Waals surface area contributed by atoms with Crippen molar-refractivity contribution in [1.29, 1.82) is 0 Å². The molecule has 76 valence electrons. The van der Waals surface area contributed by atoms with Gasteiger partial charge in [-0.2, -0.15) is 0 Å². The summed E-state index contributed by atoms with van der Waals surface area (Å²) in [5.74, 6) is 0.479. The summed E-state index contributed by atoms with van der Waals surface area (Å²) in [7, 11) is 0. The molecule has 1 aliphatic rings. The van der Waals surface area contributed by atoms with Gasteiger partial charge in [-0.15, -0.1) is 0 Å². The van der Waals surface area contributed by atoms with E-state index in [2.05, 4.69) is 11.4 Å². The van der Waals surface area contributed by atoms with Crippen LogP contribution in [0, 0.1) is 12.7 Å². The molecular weight excluding hydrogens is 177 g/mol. The SMILES string of the molecule is Cc1ccc(C2CCNCC2)cc1F. The van der Waals surface area contributed by atoms with Crippen molar-refractivity contribution in [1.82, 2.24) is 5.32 Å². The summed E-state index contributed by atoms with van der Waals surface area (Å²) >= 11 is 0. The zero-order valence-corrected chi connectivity index (χ0v) is 8.52. The van der Waals surface area contributed by atoms with Gasteiger partial charge in [-0.1, -0.05) is 12.1 Å². The van der Waals surface area contributed by atoms with Gasteiger partial charge in [0.05, 0.1) is 0 Å². The van der Waals surface area contributed by atoms with Gasteiger partial charge in [-0.05, 0) is 56.0 Å². The first kappa shape index (κ1) is 9.66. The highest BCUT2D eigenvalue weighted by molar-refractivity contribution is 5.26. The van der Waals surface area contributed by atoms with Crippen LogP contribution in [-0.4, -0.2) is 13.1 Å². The summed E-state index contributed by atoms with van der Waals surface area (Å²) < 4.78 is 13.3. The molecule has 1 aromatic rings. The first-order chi connectivity index (χ1) is 6.77. The molecule has 0 amide bonds. The van der Waals surface area contributed by atoms with Crippen LogP contribution in [0.2, 0.25) is 0 Å². The number of benzene rings is 1. The summed E-state index contributed by atoms with van der Waals surface area (Å²) in [6, 6.07) is 5.65. The van der Waals surface area contributed by atoms with E-state index in [1.807, 2.05) is 13.0 Å². The molecule has 2 heteroatoms. The highest BCUT2D eigenvalue weighted by Gasteiger charge is 2.15. The fraction of sp³-hybridized carbons (Fsp3) is 0.500. The minimum Gasteiger partial charge on any atom is -0.317 e. The number of hydrogen-bond donors (Lipinski definition) is 1. The zero-order valence-electron chi connectivity index (χ0n) is 8.52. The van der Waals surface area contributed by atoms with Gasteiger partial charge in [0.25, 0.3) is 0 Å². The molecule has 1 N–H and O–H groups in total. The first-order valence-corrected chi connectivity index (χ1v) is 5.24. The molecule has 0 aromatic heterocycles. The Labute approximate surface area is 84.3 Å². The van der Waals surface area contributed by atoms with Gasteiger partial charge in [-0.3, -0.25) is 0 Å². The average molecular weight is 193 g/mol. The molecule has 2 rings (SSSR count). The van der Waals surface area contributed by atoms with E-state index in [1.54, 1.807) is 6.07 Å². The molecule has 14 heavy (non-hydrogen) atoms. The van der Waals surface area contributed by atoms with Crippen molar-refractivity contribution in [2.45, 2.75) is 25.7 Å². The lowest BCUT2D eigenvalue weighted by Crippen LogP contribution is -2.26. The predicted octanol–water partition coefficient (Wildman–Crippen LogP) is 2.60. The van der Waals surface area contributed by atoms with E-state index in [1.165, 1.54) is 0 Å². The average Bonchev–Trinajstić information content (AvgIpc) is 2.23. The van der Waals surface area contributed by atoms with Crippen molar-refractivity contribution >= 4 is 0 Å². The molecule has 0 atom stereocenters. The lowest BCUT2D eigenvalue weighted by atomic mass is 9.90. The predicted molar refractivity (Wildman–Crippen MR) is 56.0 cm³/mol. The third-order valence-electron chi connectivity index (χ3n) is 3.01. The van der Waals surface area contributed by atoms with Gasteiger partial charge in [0, 0.05) is 0 Å². The third kappa shape index (κ3) is 1.95. The van der Waals surface area contributed by atoms with Crippen molar-refractivity contribution in [2.24, 2.45) is 0 Å². The summed E-state index contributed by atoms with van der Waals surface area (Å²) in [5.41, 5.74) is 1.90. The van der Waals surface area contributed by atoms with Gasteiger partial charge < -0.3 is 5.32 Å². The second-order valence-electron chi connectivity index (χ2n) is 4.03. The zero-order chi connectivity index (χ0) is 9.97. The van der Waals surface area contributed by atoms with Gasteiger partial charge in [0.1, 0.15) is 5.82 Å². The van der Waals surface area contributed by atoms with Crippen LogP contribution in [0.4, 0.5) is 4.39 Å². The van der Waals surface area contributed by atoms with E-state index in [9.17, 15) is 4.39 Å². The quantitative estimate of drug-likeness (QED) is 0.723. The van der Waals surface area contributed by atoms with Crippen LogP contribution in [-0.2, 0) is 0 Å². The number of hydrogen-bond acceptors (Lipinski definition) is 1. The first-order valence-electron chi connectivity index (χ1n) is 5.24. The Kier molecular flexibility index (Phi) is 2.82. The Morgan fingerprint density at radius 3 is 2.64 bits per heavy atom. The number of rotatable bonds is 1. The molecule has 1 nitrogen and oxygen atoms in total. The summed E-state index contributed by atoms with van der Waals surface area (Å²) in [6.45, 7) is 3.92. The van der Waals surface area contributed by atoms with Crippen LogP contribution in [0.3, 0.4) is 0 Å². The Balaban J connectivity index is 2.18. The molecule has 0 aliphatic carbocycles. The summed E-state index contributed by atoms with van der Waals surface area (Å²) in [4.78, 5) is 0. The summed E-state index contributed by atoms with van der Waals surface area (Å²) in [5, 5.41) is 3.32. The maximum absolute atomic E-state index is 13.3. The Morgan fingerprint density at radius 1 is 1.29 bits per heavy atom. The minimum absolute atomic E-state index is 0.0685. The van der Waals surface area contributed by atoms with E-state index in [-0.39, 0.29) is 5.82 Å². The van der Waals surface area contributed by atoms with E-state index in [4.69, 9.17) is 0 Å². The maximum Gasteiger partial charge on any atom is 0.126 e. The standard InChI is InChI=1S/C12H16FN/c1-9-2-3-11(8-12(9)13)10-4-6-14-7-5-10/h2-3,8,10,14H,4-7H2,1H3. The topological polar surface area (TPSA) is 12.0 Å². The molecule has 0 unspecified atom stereocenters. The molecule has 0 saturated carbocycles. The number of halogens is 1. The molecule has 1 heterocycles. The van der Waals surface area contributed by atoms with E-state index >= 15 is 0 Å². The van der Waals surface area contributed by atoms with Crippen molar-refractivity contribution in [3.63, 3.8) is 0 Å². The van der Waals surface area contributed by atoms with Crippen LogP contribution in [0.5, 0.6) is 0 Å². The number of aryl methyl sites for hydroxylation is 1. The van der Waals surface area contributed by atoms with Gasteiger partial charge in [0.15, 0.2) is 0 Å². The largest absolute Gasteiger partial charge is 0.317 e. The minimum atomic E-state index is -0.0685. The highest BCUT2D eigenvalue weighted by Crippen LogP contribution is 2.26. The van der Waals surface area contributed by atoms with Crippen molar-refractivity contribution in [3.05, 3.63) is 35.1 Å². The Bertz CT molecular complexity index is 316. The second-order valence-corrected chi connectivity index (χ2v) is 4.03. The van der Waals surface area contributed by atoms with E-state index in [0.29, 0.717) is 5.92 Å². The maximum atomic E-state index is 13.3. The van der Waals surface area contributed by atoms with Crippen LogP contribution in [0.15, 0.2) is 18.2 Å². The molecule has 1 aromatic carbocycles. The molecular formula is C12H16FN. The Hall–Kier alpha value is -0.890. The number of nitrogens with one attached hydrogen (secondary N) is 1.